The number of nitrogens with one attached hydrogen (secondary N) is 1. The van der Waals surface area contributed by atoms with Crippen molar-refractivity contribution in [3.8, 4) is 0 Å². The maximum Gasteiger partial charge on any atom is 0.287 e. The van der Waals surface area contributed by atoms with Crippen LogP contribution in [-0.2, 0) is 11.3 Å². The molecule has 3 N–H and O–H groups in total. The molecule has 1 aromatic heterocycles. The minimum absolute atomic E-state index is 0.106. The summed E-state index contributed by atoms with van der Waals surface area (Å²) in [6.07, 6.45) is 1.59. The van der Waals surface area contributed by atoms with Gasteiger partial charge in [0.25, 0.3) is 5.91 Å². The third-order valence-corrected chi connectivity index (χ3v) is 3.05. The van der Waals surface area contributed by atoms with Crippen LogP contribution in [0.4, 0.5) is 0 Å². The van der Waals surface area contributed by atoms with Gasteiger partial charge in [0, 0.05) is 19.6 Å². The molecule has 2 heterocycles. The van der Waals surface area contributed by atoms with Crippen LogP contribution in [0.15, 0.2) is 6.20 Å². The van der Waals surface area contributed by atoms with E-state index in [0.29, 0.717) is 6.54 Å². The van der Waals surface area contributed by atoms with Gasteiger partial charge in [0.15, 0.2) is 5.69 Å². The Hall–Kier alpha value is -1.51. The van der Waals surface area contributed by atoms with Crippen molar-refractivity contribution in [2.24, 2.45) is 5.84 Å². The molecule has 1 saturated heterocycles. The normalized spacial score (nSPS) is 19.3. The monoisotopic (exact) mass is 268 g/mol. The summed E-state index contributed by atoms with van der Waals surface area (Å²) in [5.41, 5.74) is 2.15. The number of nitrogens with two attached hydrogens (primary N) is 1. The molecule has 0 radical (unpaired) electrons. The van der Waals surface area contributed by atoms with Crippen molar-refractivity contribution in [1.82, 2.24) is 25.3 Å². The standard InChI is InChI=1S/C11H20N6O2/c1-11(2)8-16(5-6-19-11)3-4-17-7-9(14-15-17)10(18)13-12/h7H,3-6,8,12H2,1-2H3,(H,13,18). The maximum absolute atomic E-state index is 11.2. The van der Waals surface area contributed by atoms with Gasteiger partial charge >= 0.3 is 0 Å². The molecule has 1 aliphatic heterocycles. The third-order valence-electron chi connectivity index (χ3n) is 3.05. The van der Waals surface area contributed by atoms with Gasteiger partial charge in [0.2, 0.25) is 0 Å². The lowest BCUT2D eigenvalue weighted by molar-refractivity contribution is -0.0866. The van der Waals surface area contributed by atoms with Crippen LogP contribution in [0, 0.1) is 0 Å². The molecule has 1 aliphatic rings. The van der Waals surface area contributed by atoms with Gasteiger partial charge < -0.3 is 4.74 Å². The van der Waals surface area contributed by atoms with Gasteiger partial charge in [-0.2, -0.15) is 0 Å². The summed E-state index contributed by atoms with van der Waals surface area (Å²) < 4.78 is 7.30. The van der Waals surface area contributed by atoms with E-state index in [1.54, 1.807) is 10.9 Å². The summed E-state index contributed by atoms with van der Waals surface area (Å²) in [6.45, 7) is 8.23. The van der Waals surface area contributed by atoms with Crippen LogP contribution >= 0.6 is 0 Å². The lowest BCUT2D eigenvalue weighted by Crippen LogP contribution is -2.49. The topological polar surface area (TPSA) is 98.3 Å². The highest BCUT2D eigenvalue weighted by molar-refractivity contribution is 5.91. The first-order chi connectivity index (χ1) is 9.00. The Morgan fingerprint density at radius 2 is 2.37 bits per heavy atom. The Labute approximate surface area is 111 Å². The van der Waals surface area contributed by atoms with Crippen molar-refractivity contribution in [3.63, 3.8) is 0 Å². The molecule has 106 valence electrons. The van der Waals surface area contributed by atoms with Crippen molar-refractivity contribution >= 4 is 5.91 Å². The van der Waals surface area contributed by atoms with Crippen LogP contribution in [0.25, 0.3) is 0 Å². The number of rotatable bonds is 4. The second-order valence-electron chi connectivity index (χ2n) is 5.22. The van der Waals surface area contributed by atoms with Gasteiger partial charge in [-0.3, -0.25) is 19.8 Å². The van der Waals surface area contributed by atoms with E-state index in [1.165, 1.54) is 0 Å². The molecule has 0 unspecified atom stereocenters. The zero-order valence-electron chi connectivity index (χ0n) is 11.3. The van der Waals surface area contributed by atoms with Gasteiger partial charge in [0.1, 0.15) is 0 Å². The van der Waals surface area contributed by atoms with Crippen LogP contribution in [0.5, 0.6) is 0 Å². The zero-order chi connectivity index (χ0) is 13.9. The summed E-state index contributed by atoms with van der Waals surface area (Å²) in [6, 6.07) is 0. The van der Waals surface area contributed by atoms with E-state index in [-0.39, 0.29) is 11.3 Å². The molecule has 1 aromatic rings. The predicted octanol–water partition coefficient (Wildman–Crippen LogP) is -1.01. The second-order valence-corrected chi connectivity index (χ2v) is 5.22. The van der Waals surface area contributed by atoms with Gasteiger partial charge in [-0.1, -0.05) is 5.21 Å². The number of hydrazine groups is 1. The quantitative estimate of drug-likeness (QED) is 0.412. The number of hydrogen-bond donors (Lipinski definition) is 2. The molecule has 2 rings (SSSR count). The van der Waals surface area contributed by atoms with Crippen LogP contribution in [0.2, 0.25) is 0 Å². The molecule has 8 heteroatoms. The Kier molecular flexibility index (Phi) is 4.13. The molecule has 0 aromatic carbocycles. The highest BCUT2D eigenvalue weighted by Gasteiger charge is 2.26. The van der Waals surface area contributed by atoms with Gasteiger partial charge in [-0.05, 0) is 13.8 Å². The lowest BCUT2D eigenvalue weighted by Gasteiger charge is -2.38. The fourth-order valence-corrected chi connectivity index (χ4v) is 2.13. The van der Waals surface area contributed by atoms with E-state index in [0.717, 1.165) is 26.2 Å². The Bertz CT molecular complexity index is 444. The molecular formula is C11H20N6O2. The Balaban J connectivity index is 1.85. The van der Waals surface area contributed by atoms with Crippen LogP contribution in [-0.4, -0.2) is 57.6 Å². The fraction of sp³-hybridized carbons (Fsp3) is 0.727. The molecular weight excluding hydrogens is 248 g/mol. The number of amides is 1. The SMILES string of the molecule is CC1(C)CN(CCn2cc(C(=O)NN)nn2)CCO1. The van der Waals surface area contributed by atoms with E-state index >= 15 is 0 Å². The van der Waals surface area contributed by atoms with E-state index in [2.05, 4.69) is 29.1 Å². The molecule has 0 spiro atoms. The smallest absolute Gasteiger partial charge is 0.287 e. The summed E-state index contributed by atoms with van der Waals surface area (Å²) in [7, 11) is 0. The van der Waals surface area contributed by atoms with E-state index in [1.807, 2.05) is 5.43 Å². The molecule has 8 nitrogen and oxygen atoms in total. The minimum Gasteiger partial charge on any atom is -0.373 e. The Morgan fingerprint density at radius 3 is 3.05 bits per heavy atom. The minimum atomic E-state index is -0.432. The summed E-state index contributed by atoms with van der Waals surface area (Å²) in [5.74, 6) is 4.60. The number of nitrogens with zero attached hydrogens (tertiary/aromatic N) is 4. The van der Waals surface area contributed by atoms with Crippen molar-refractivity contribution in [2.75, 3.05) is 26.2 Å². The number of aromatic nitrogens is 3. The highest BCUT2D eigenvalue weighted by Crippen LogP contribution is 2.15. The molecule has 0 aliphatic carbocycles. The first-order valence-corrected chi connectivity index (χ1v) is 6.27. The maximum atomic E-state index is 11.2. The molecule has 1 fully saturated rings. The van der Waals surface area contributed by atoms with Crippen LogP contribution < -0.4 is 11.3 Å². The fourth-order valence-electron chi connectivity index (χ4n) is 2.13. The number of ether oxygens (including phenoxy) is 1. The van der Waals surface area contributed by atoms with Gasteiger partial charge in [-0.15, -0.1) is 5.10 Å². The van der Waals surface area contributed by atoms with Gasteiger partial charge in [0.05, 0.1) is 24.9 Å². The Morgan fingerprint density at radius 1 is 1.58 bits per heavy atom. The first kappa shape index (κ1) is 13.9. The first-order valence-electron chi connectivity index (χ1n) is 6.27. The van der Waals surface area contributed by atoms with Crippen molar-refractivity contribution in [2.45, 2.75) is 26.0 Å². The lowest BCUT2D eigenvalue weighted by atomic mass is 10.1. The number of nitrogen functional groups attached to an aromatic ring is 1. The average molecular weight is 268 g/mol. The largest absolute Gasteiger partial charge is 0.373 e. The number of hydrogen-bond acceptors (Lipinski definition) is 6. The third kappa shape index (κ3) is 3.72. The second kappa shape index (κ2) is 5.64. The summed E-state index contributed by atoms with van der Waals surface area (Å²) >= 11 is 0. The van der Waals surface area contributed by atoms with E-state index < -0.39 is 5.91 Å². The molecule has 0 bridgehead atoms. The van der Waals surface area contributed by atoms with Crippen molar-refractivity contribution in [3.05, 3.63) is 11.9 Å². The van der Waals surface area contributed by atoms with Crippen molar-refractivity contribution in [1.29, 1.82) is 0 Å². The molecule has 0 atom stereocenters. The number of carbonyl (C=O) groups excluding carboxylic acids is 1. The molecule has 0 saturated carbocycles. The number of carbonyl (C=O) groups is 1. The molecule has 19 heavy (non-hydrogen) atoms. The number of morpholine rings is 1. The van der Waals surface area contributed by atoms with E-state index in [4.69, 9.17) is 10.6 Å². The molecule has 1 amide bonds. The zero-order valence-corrected chi connectivity index (χ0v) is 11.3. The van der Waals surface area contributed by atoms with Crippen molar-refractivity contribution < 1.29 is 9.53 Å². The summed E-state index contributed by atoms with van der Waals surface area (Å²) in [4.78, 5) is 13.6. The van der Waals surface area contributed by atoms with E-state index in [9.17, 15) is 4.79 Å². The average Bonchev–Trinajstić information content (AvgIpc) is 2.83. The van der Waals surface area contributed by atoms with Crippen LogP contribution in [0.1, 0.15) is 24.3 Å². The summed E-state index contributed by atoms with van der Waals surface area (Å²) in [5, 5.41) is 7.66. The van der Waals surface area contributed by atoms with Crippen LogP contribution in [0.3, 0.4) is 0 Å². The predicted molar refractivity (Wildman–Crippen MR) is 68.1 cm³/mol. The van der Waals surface area contributed by atoms with Gasteiger partial charge in [-0.25, -0.2) is 5.84 Å². The highest BCUT2D eigenvalue weighted by atomic mass is 16.5.